The van der Waals surface area contributed by atoms with E-state index in [0.29, 0.717) is 35.4 Å². The summed E-state index contributed by atoms with van der Waals surface area (Å²) in [5.74, 6) is -0.627. The van der Waals surface area contributed by atoms with Gasteiger partial charge < -0.3 is 5.32 Å². The zero-order valence-electron chi connectivity index (χ0n) is 17.2. The van der Waals surface area contributed by atoms with E-state index in [9.17, 15) is 19.2 Å². The molecule has 0 spiro atoms. The molecule has 0 saturated heterocycles. The molecular formula is C21H30ClFN4O3. The second-order valence-electron chi connectivity index (χ2n) is 8.58. The molecule has 2 N–H and O–H groups in total. The summed E-state index contributed by atoms with van der Waals surface area (Å²) in [6.07, 6.45) is 10.2. The Morgan fingerprint density at radius 1 is 1.17 bits per heavy atom. The average Bonchev–Trinajstić information content (AvgIpc) is 3.42. The van der Waals surface area contributed by atoms with Crippen LogP contribution in [0.5, 0.6) is 0 Å². The Labute approximate surface area is 181 Å². The zero-order chi connectivity index (χ0) is 21.5. The molecule has 0 bridgehead atoms. The van der Waals surface area contributed by atoms with E-state index in [0.717, 1.165) is 51.4 Å². The maximum Gasteiger partial charge on any atom is 0.233 e. The van der Waals surface area contributed by atoms with Crippen LogP contribution in [-0.4, -0.2) is 39.1 Å². The van der Waals surface area contributed by atoms with E-state index in [-0.39, 0.29) is 36.4 Å². The quantitative estimate of drug-likeness (QED) is 0.250. The van der Waals surface area contributed by atoms with Crippen LogP contribution in [0.2, 0.25) is 5.28 Å². The number of carbonyl (C=O) groups is 2. The number of nitrogens with one attached hydrogen (secondary N) is 1. The molecule has 30 heavy (non-hydrogen) atoms. The molecule has 0 aliphatic heterocycles. The second kappa shape index (κ2) is 11.0. The van der Waals surface area contributed by atoms with Gasteiger partial charge in [0.25, 0.3) is 0 Å². The van der Waals surface area contributed by atoms with Crippen LogP contribution in [0.3, 0.4) is 0 Å². The summed E-state index contributed by atoms with van der Waals surface area (Å²) >= 11 is 6.01. The number of carbonyl (C=O) groups excluding carboxylic acids is 2. The number of hydrogen-bond donors (Lipinski definition) is 2. The molecule has 7 nitrogen and oxygen atoms in total. The summed E-state index contributed by atoms with van der Waals surface area (Å²) in [6, 6.07) is 0. The van der Waals surface area contributed by atoms with Gasteiger partial charge in [-0.15, -0.1) is 0 Å². The minimum atomic E-state index is -0.568. The first-order valence-electron chi connectivity index (χ1n) is 10.9. The van der Waals surface area contributed by atoms with Crippen LogP contribution in [-0.2, 0) is 22.6 Å². The number of halogens is 2. The van der Waals surface area contributed by atoms with Crippen molar-refractivity contribution in [3.05, 3.63) is 22.5 Å². The van der Waals surface area contributed by atoms with Gasteiger partial charge in [-0.2, -0.15) is 0 Å². The van der Waals surface area contributed by atoms with E-state index < -0.39 is 11.7 Å². The highest BCUT2D eigenvalue weighted by atomic mass is 35.5. The van der Waals surface area contributed by atoms with Gasteiger partial charge in [0.15, 0.2) is 5.82 Å². The summed E-state index contributed by atoms with van der Waals surface area (Å²) in [5, 5.41) is 12.7. The molecule has 3 rings (SSSR count). The molecule has 2 fully saturated rings. The minimum absolute atomic E-state index is 0.0290. The predicted octanol–water partition coefficient (Wildman–Crippen LogP) is 3.66. The fourth-order valence-corrected chi connectivity index (χ4v) is 4.95. The highest BCUT2D eigenvalue weighted by Crippen LogP contribution is 2.31. The van der Waals surface area contributed by atoms with Gasteiger partial charge in [0.1, 0.15) is 5.69 Å². The molecule has 0 radical (unpaired) electrons. The average molecular weight is 441 g/mol. The molecule has 1 aromatic rings. The van der Waals surface area contributed by atoms with E-state index in [1.807, 2.05) is 0 Å². The maximum absolute atomic E-state index is 14.9. The van der Waals surface area contributed by atoms with Crippen molar-refractivity contribution in [1.82, 2.24) is 20.3 Å². The first-order chi connectivity index (χ1) is 14.5. The van der Waals surface area contributed by atoms with Crippen molar-refractivity contribution < 1.29 is 19.2 Å². The van der Waals surface area contributed by atoms with Crippen LogP contribution in [0.15, 0.2) is 0 Å². The molecule has 9 heteroatoms. The van der Waals surface area contributed by atoms with Crippen molar-refractivity contribution in [2.24, 2.45) is 17.8 Å². The first kappa shape index (κ1) is 22.9. The van der Waals surface area contributed by atoms with E-state index in [2.05, 4.69) is 15.3 Å². The standard InChI is InChI=1S/C21H30ClFN4O3/c22-21-25-17(10-15-7-3-4-8-15)19(23)18(26-21)11-24-20(29)16(12-27(30)13-28)9-14-5-1-2-6-14/h13-16,30H,1-12H2,(H,24,29)/t16-/m1/s1. The Morgan fingerprint density at radius 2 is 1.77 bits per heavy atom. The molecular weight excluding hydrogens is 411 g/mol. The van der Waals surface area contributed by atoms with Crippen LogP contribution in [0.4, 0.5) is 4.39 Å². The zero-order valence-corrected chi connectivity index (χ0v) is 17.9. The van der Waals surface area contributed by atoms with Crippen LogP contribution < -0.4 is 5.32 Å². The molecule has 1 aromatic heterocycles. The lowest BCUT2D eigenvalue weighted by Gasteiger charge is -2.22. The molecule has 2 saturated carbocycles. The molecule has 1 heterocycles. The van der Waals surface area contributed by atoms with Crippen LogP contribution in [0.1, 0.15) is 69.2 Å². The lowest BCUT2D eigenvalue weighted by molar-refractivity contribution is -0.155. The molecule has 2 aliphatic rings. The van der Waals surface area contributed by atoms with E-state index in [4.69, 9.17) is 11.6 Å². The fraction of sp³-hybridized carbons (Fsp3) is 0.714. The highest BCUT2D eigenvalue weighted by molar-refractivity contribution is 6.28. The van der Waals surface area contributed by atoms with Crippen LogP contribution in [0.25, 0.3) is 0 Å². The summed E-state index contributed by atoms with van der Waals surface area (Å²) in [4.78, 5) is 31.6. The third-order valence-corrected chi connectivity index (χ3v) is 6.51. The predicted molar refractivity (Wildman–Crippen MR) is 109 cm³/mol. The second-order valence-corrected chi connectivity index (χ2v) is 8.92. The van der Waals surface area contributed by atoms with Gasteiger partial charge in [0, 0.05) is 0 Å². The number of hydroxylamine groups is 2. The van der Waals surface area contributed by atoms with Gasteiger partial charge in [0.2, 0.25) is 17.6 Å². The van der Waals surface area contributed by atoms with Gasteiger partial charge in [-0.25, -0.2) is 19.4 Å². The summed E-state index contributed by atoms with van der Waals surface area (Å²) in [5.41, 5.74) is 0.364. The SMILES string of the molecule is O=CN(O)C[C@@H](CC1CCCC1)C(=O)NCc1nc(Cl)nc(CC2CCCC2)c1F. The molecule has 0 unspecified atom stereocenters. The minimum Gasteiger partial charge on any atom is -0.350 e. The van der Waals surface area contributed by atoms with Crippen molar-refractivity contribution in [2.45, 2.75) is 70.8 Å². The molecule has 2 aliphatic carbocycles. The van der Waals surface area contributed by atoms with Gasteiger partial charge in [0.05, 0.1) is 24.7 Å². The highest BCUT2D eigenvalue weighted by Gasteiger charge is 2.27. The monoisotopic (exact) mass is 440 g/mol. The van der Waals surface area contributed by atoms with Crippen molar-refractivity contribution in [2.75, 3.05) is 6.54 Å². The topological polar surface area (TPSA) is 95.4 Å². The maximum atomic E-state index is 14.9. The summed E-state index contributed by atoms with van der Waals surface area (Å²) in [7, 11) is 0. The van der Waals surface area contributed by atoms with Crippen molar-refractivity contribution in [3.8, 4) is 0 Å². The lowest BCUT2D eigenvalue weighted by Crippen LogP contribution is -2.38. The number of amides is 2. The van der Waals surface area contributed by atoms with Crippen molar-refractivity contribution in [3.63, 3.8) is 0 Å². The number of rotatable bonds is 10. The number of hydrogen-bond acceptors (Lipinski definition) is 5. The van der Waals surface area contributed by atoms with Gasteiger partial charge in [-0.05, 0) is 36.3 Å². The number of nitrogens with zero attached hydrogens (tertiary/aromatic N) is 3. The molecule has 0 aromatic carbocycles. The van der Waals surface area contributed by atoms with Gasteiger partial charge in [-0.1, -0.05) is 51.4 Å². The third-order valence-electron chi connectivity index (χ3n) is 6.34. The summed E-state index contributed by atoms with van der Waals surface area (Å²) < 4.78 is 14.9. The van der Waals surface area contributed by atoms with Gasteiger partial charge >= 0.3 is 0 Å². The summed E-state index contributed by atoms with van der Waals surface area (Å²) in [6.45, 7) is -0.204. The first-order valence-corrected chi connectivity index (χ1v) is 11.2. The number of aromatic nitrogens is 2. The van der Waals surface area contributed by atoms with E-state index in [1.165, 1.54) is 0 Å². The smallest absolute Gasteiger partial charge is 0.233 e. The van der Waals surface area contributed by atoms with E-state index in [1.54, 1.807) is 0 Å². The third kappa shape index (κ3) is 6.35. The van der Waals surface area contributed by atoms with Crippen LogP contribution in [0, 0.1) is 23.6 Å². The fourth-order valence-electron chi connectivity index (χ4n) is 4.75. The Bertz CT molecular complexity index is 739. The van der Waals surface area contributed by atoms with E-state index >= 15 is 0 Å². The largest absolute Gasteiger partial charge is 0.350 e. The van der Waals surface area contributed by atoms with Crippen molar-refractivity contribution >= 4 is 23.9 Å². The van der Waals surface area contributed by atoms with Gasteiger partial charge in [-0.3, -0.25) is 14.8 Å². The molecule has 166 valence electrons. The van der Waals surface area contributed by atoms with Crippen LogP contribution >= 0.6 is 11.6 Å². The van der Waals surface area contributed by atoms with Crippen molar-refractivity contribution in [1.29, 1.82) is 0 Å². The Balaban J connectivity index is 1.64. The Morgan fingerprint density at radius 3 is 2.40 bits per heavy atom. The lowest BCUT2D eigenvalue weighted by atomic mass is 9.92. The normalized spacial score (nSPS) is 18.5. The molecule has 1 atom stereocenters. The Hall–Kier alpha value is -1.80. The Kier molecular flexibility index (Phi) is 8.39. The molecule has 2 amide bonds.